The molecule has 0 radical (unpaired) electrons. The summed E-state index contributed by atoms with van der Waals surface area (Å²) in [4.78, 5) is 8.28. The second kappa shape index (κ2) is 6.15. The normalized spacial score (nSPS) is 12.0. The monoisotopic (exact) mass is 376 g/mol. The molecule has 4 rings (SSSR count). The van der Waals surface area contributed by atoms with Crippen molar-refractivity contribution in [2.75, 3.05) is 0 Å². The zero-order chi connectivity index (χ0) is 19.2. The lowest BCUT2D eigenvalue weighted by Gasteiger charge is -2.05. The number of nitrogens with zero attached hydrogens (tertiary/aromatic N) is 5. The highest BCUT2D eigenvalue weighted by atomic mass is 19.4. The third-order valence-corrected chi connectivity index (χ3v) is 3.91. The minimum Gasteiger partial charge on any atom is -0.262 e. The molecule has 0 unspecified atom stereocenters. The lowest BCUT2D eigenvalue weighted by molar-refractivity contribution is -0.142. The van der Waals surface area contributed by atoms with E-state index < -0.39 is 18.5 Å². The van der Waals surface area contributed by atoms with Gasteiger partial charge in [-0.1, -0.05) is 0 Å². The van der Waals surface area contributed by atoms with Crippen LogP contribution in [-0.2, 0) is 6.54 Å². The Hall–Kier alpha value is -3.30. The fourth-order valence-electron chi connectivity index (χ4n) is 2.87. The quantitative estimate of drug-likeness (QED) is 0.551. The van der Waals surface area contributed by atoms with E-state index in [1.165, 1.54) is 18.3 Å². The molecule has 0 aliphatic carbocycles. The number of aryl methyl sites for hydroxylation is 1. The largest absolute Gasteiger partial charge is 0.408 e. The Morgan fingerprint density at radius 3 is 2.67 bits per heavy atom. The van der Waals surface area contributed by atoms with E-state index in [2.05, 4.69) is 25.3 Å². The molecule has 4 aromatic rings. The fourth-order valence-corrected chi connectivity index (χ4v) is 2.87. The van der Waals surface area contributed by atoms with E-state index in [1.807, 2.05) is 0 Å². The molecule has 0 amide bonds. The average Bonchev–Trinajstić information content (AvgIpc) is 3.20. The molecule has 0 aromatic carbocycles. The van der Waals surface area contributed by atoms with E-state index >= 15 is 0 Å². The third-order valence-electron chi connectivity index (χ3n) is 3.91. The van der Waals surface area contributed by atoms with Crippen molar-refractivity contribution in [3.8, 4) is 22.5 Å². The first-order valence-corrected chi connectivity index (χ1v) is 7.87. The summed E-state index contributed by atoms with van der Waals surface area (Å²) < 4.78 is 52.6. The first kappa shape index (κ1) is 17.1. The summed E-state index contributed by atoms with van der Waals surface area (Å²) >= 11 is 0. The second-order valence-corrected chi connectivity index (χ2v) is 6.01. The van der Waals surface area contributed by atoms with Crippen LogP contribution in [0, 0.1) is 12.7 Å². The van der Waals surface area contributed by atoms with Gasteiger partial charge in [-0.05, 0) is 30.7 Å². The van der Waals surface area contributed by atoms with Gasteiger partial charge in [-0.15, -0.1) is 0 Å². The summed E-state index contributed by atoms with van der Waals surface area (Å²) in [6.07, 6.45) is -0.599. The maximum Gasteiger partial charge on any atom is 0.408 e. The van der Waals surface area contributed by atoms with Crippen LogP contribution in [0.25, 0.3) is 33.5 Å². The number of nitrogens with one attached hydrogen (secondary N) is 1. The van der Waals surface area contributed by atoms with Gasteiger partial charge in [0.25, 0.3) is 0 Å². The molecule has 0 aliphatic rings. The molecule has 138 valence electrons. The van der Waals surface area contributed by atoms with Crippen LogP contribution >= 0.6 is 0 Å². The summed E-state index contributed by atoms with van der Waals surface area (Å²) in [7, 11) is 0. The van der Waals surface area contributed by atoms with Crippen molar-refractivity contribution in [1.82, 2.24) is 29.9 Å². The summed E-state index contributed by atoms with van der Waals surface area (Å²) in [5.41, 5.74) is 2.68. The van der Waals surface area contributed by atoms with E-state index in [1.54, 1.807) is 19.2 Å². The molecular formula is C17H12F4N6. The van der Waals surface area contributed by atoms with E-state index in [4.69, 9.17) is 0 Å². The SMILES string of the molecule is Cc1cc(-c2cn(CC(F)(F)F)nc2-c2ccc(F)cn2)c2cn[nH]c2n1. The lowest BCUT2D eigenvalue weighted by atomic mass is 10.0. The highest BCUT2D eigenvalue weighted by Gasteiger charge is 2.29. The molecule has 0 aliphatic heterocycles. The minimum absolute atomic E-state index is 0.215. The van der Waals surface area contributed by atoms with E-state index in [0.717, 1.165) is 10.9 Å². The molecule has 4 heterocycles. The summed E-state index contributed by atoms with van der Waals surface area (Å²) in [6, 6.07) is 4.29. The zero-order valence-electron chi connectivity index (χ0n) is 13.9. The van der Waals surface area contributed by atoms with Gasteiger partial charge in [0.1, 0.15) is 18.1 Å². The molecule has 27 heavy (non-hydrogen) atoms. The van der Waals surface area contributed by atoms with Gasteiger partial charge < -0.3 is 0 Å². The number of pyridine rings is 2. The smallest absolute Gasteiger partial charge is 0.262 e. The molecule has 0 spiro atoms. The molecule has 4 aromatic heterocycles. The second-order valence-electron chi connectivity index (χ2n) is 6.01. The topological polar surface area (TPSA) is 72.3 Å². The molecular weight excluding hydrogens is 364 g/mol. The van der Waals surface area contributed by atoms with Crippen molar-refractivity contribution in [3.05, 3.63) is 48.3 Å². The lowest BCUT2D eigenvalue weighted by Crippen LogP contribution is -2.17. The molecule has 6 nitrogen and oxygen atoms in total. The van der Waals surface area contributed by atoms with Crippen LogP contribution in [0.4, 0.5) is 17.6 Å². The number of hydrogen-bond donors (Lipinski definition) is 1. The Bertz CT molecular complexity index is 1110. The molecule has 0 bridgehead atoms. The van der Waals surface area contributed by atoms with Crippen LogP contribution in [0.3, 0.4) is 0 Å². The Morgan fingerprint density at radius 2 is 1.96 bits per heavy atom. The summed E-state index contributed by atoms with van der Waals surface area (Å²) in [6.45, 7) is 0.513. The molecule has 1 N–H and O–H groups in total. The predicted octanol–water partition coefficient (Wildman–Crippen LogP) is 3.89. The molecule has 0 saturated heterocycles. The van der Waals surface area contributed by atoms with Crippen LogP contribution in [0.15, 0.2) is 36.8 Å². The first-order chi connectivity index (χ1) is 12.8. The number of aromatic amines is 1. The van der Waals surface area contributed by atoms with E-state index in [9.17, 15) is 17.6 Å². The number of fused-ring (bicyclic) bond motifs is 1. The predicted molar refractivity (Wildman–Crippen MR) is 89.1 cm³/mol. The Labute approximate surface area is 149 Å². The van der Waals surface area contributed by atoms with E-state index in [0.29, 0.717) is 27.9 Å². The van der Waals surface area contributed by atoms with Gasteiger partial charge in [0.2, 0.25) is 0 Å². The van der Waals surface area contributed by atoms with Gasteiger partial charge in [-0.3, -0.25) is 14.8 Å². The zero-order valence-corrected chi connectivity index (χ0v) is 13.9. The number of H-pyrrole nitrogens is 1. The standard InChI is InChI=1S/C17H12F4N6/c1-9-4-11(12-6-23-25-16(12)24-9)13-7-27(8-17(19,20)21)26-15(13)14-3-2-10(18)5-22-14/h2-7H,8H2,1H3,(H,23,24,25). The minimum atomic E-state index is -4.43. The Kier molecular flexibility index (Phi) is 3.90. The average molecular weight is 376 g/mol. The molecule has 0 fully saturated rings. The van der Waals surface area contributed by atoms with Gasteiger partial charge in [-0.2, -0.15) is 23.4 Å². The van der Waals surface area contributed by atoms with Crippen LogP contribution in [-0.4, -0.2) is 36.1 Å². The van der Waals surface area contributed by atoms with Crippen LogP contribution in [0.5, 0.6) is 0 Å². The van der Waals surface area contributed by atoms with Gasteiger partial charge in [0.15, 0.2) is 5.65 Å². The molecule has 0 saturated carbocycles. The third kappa shape index (κ3) is 3.37. The van der Waals surface area contributed by atoms with Crippen molar-refractivity contribution >= 4 is 11.0 Å². The summed E-state index contributed by atoms with van der Waals surface area (Å²) in [5, 5.41) is 11.4. The first-order valence-electron chi connectivity index (χ1n) is 7.87. The van der Waals surface area contributed by atoms with Crippen LogP contribution in [0.1, 0.15) is 5.69 Å². The van der Waals surface area contributed by atoms with Gasteiger partial charge in [0.05, 0.1) is 18.1 Å². The van der Waals surface area contributed by atoms with Crippen LogP contribution in [0.2, 0.25) is 0 Å². The number of alkyl halides is 3. The summed E-state index contributed by atoms with van der Waals surface area (Å²) in [5.74, 6) is -0.549. The number of hydrogen-bond acceptors (Lipinski definition) is 4. The van der Waals surface area contributed by atoms with Gasteiger partial charge in [-0.25, -0.2) is 9.37 Å². The molecule has 0 atom stereocenters. The maximum atomic E-state index is 13.2. The number of rotatable bonds is 3. The van der Waals surface area contributed by atoms with Gasteiger partial charge in [0, 0.05) is 22.8 Å². The highest BCUT2D eigenvalue weighted by Crippen LogP contribution is 2.35. The van der Waals surface area contributed by atoms with E-state index in [-0.39, 0.29) is 11.4 Å². The Morgan fingerprint density at radius 1 is 1.15 bits per heavy atom. The fraction of sp³-hybridized carbons (Fsp3) is 0.176. The van der Waals surface area contributed by atoms with Crippen molar-refractivity contribution in [3.63, 3.8) is 0 Å². The van der Waals surface area contributed by atoms with Crippen molar-refractivity contribution in [2.24, 2.45) is 0 Å². The van der Waals surface area contributed by atoms with Crippen LogP contribution < -0.4 is 0 Å². The number of aromatic nitrogens is 6. The Balaban J connectivity index is 1.95. The van der Waals surface area contributed by atoms with Gasteiger partial charge >= 0.3 is 6.18 Å². The highest BCUT2D eigenvalue weighted by molar-refractivity contribution is 5.96. The number of halogens is 4. The van der Waals surface area contributed by atoms with Crippen molar-refractivity contribution < 1.29 is 17.6 Å². The maximum absolute atomic E-state index is 13.2. The molecule has 10 heteroatoms. The van der Waals surface area contributed by atoms with Crippen molar-refractivity contribution in [1.29, 1.82) is 0 Å². The van der Waals surface area contributed by atoms with Crippen molar-refractivity contribution in [2.45, 2.75) is 19.6 Å².